The lowest BCUT2D eigenvalue weighted by molar-refractivity contribution is -0.140. The standard InChI is InChI=1S/C14H23N3O3S/c1-6-7(2)11(13(18)19)17-14(20)16-9(4)12-8(3)15-10(5)21-12/h7,9,11H,6H2,1-5H3,(H,18,19)(H2,16,17,20)/t7?,9?,11-/m0/s1. The van der Waals surface area contributed by atoms with Crippen molar-refractivity contribution in [3.8, 4) is 0 Å². The molecule has 3 N–H and O–H groups in total. The molecule has 118 valence electrons. The van der Waals surface area contributed by atoms with Crippen LogP contribution in [-0.4, -0.2) is 28.1 Å². The number of urea groups is 1. The fourth-order valence-electron chi connectivity index (χ4n) is 2.08. The van der Waals surface area contributed by atoms with Gasteiger partial charge in [0.2, 0.25) is 0 Å². The van der Waals surface area contributed by atoms with E-state index in [4.69, 9.17) is 0 Å². The van der Waals surface area contributed by atoms with Gasteiger partial charge in [-0.1, -0.05) is 20.3 Å². The van der Waals surface area contributed by atoms with Gasteiger partial charge in [-0.3, -0.25) is 0 Å². The number of nitrogens with zero attached hydrogens (tertiary/aromatic N) is 1. The van der Waals surface area contributed by atoms with Crippen LogP contribution in [0.5, 0.6) is 0 Å². The monoisotopic (exact) mass is 313 g/mol. The highest BCUT2D eigenvalue weighted by Crippen LogP contribution is 2.24. The maximum Gasteiger partial charge on any atom is 0.326 e. The Kier molecular flexibility index (Phi) is 6.14. The van der Waals surface area contributed by atoms with Crippen molar-refractivity contribution < 1.29 is 14.7 Å². The summed E-state index contributed by atoms with van der Waals surface area (Å²) in [6.45, 7) is 9.37. The van der Waals surface area contributed by atoms with E-state index in [-0.39, 0.29) is 12.0 Å². The third-order valence-electron chi connectivity index (χ3n) is 3.45. The highest BCUT2D eigenvalue weighted by Gasteiger charge is 2.26. The Morgan fingerprint density at radius 2 is 1.90 bits per heavy atom. The Balaban J connectivity index is 2.68. The first-order valence-corrected chi connectivity index (χ1v) is 7.81. The molecule has 1 heterocycles. The van der Waals surface area contributed by atoms with E-state index >= 15 is 0 Å². The van der Waals surface area contributed by atoms with Gasteiger partial charge in [0.25, 0.3) is 0 Å². The molecule has 6 nitrogen and oxygen atoms in total. The van der Waals surface area contributed by atoms with Crippen LogP contribution >= 0.6 is 11.3 Å². The Hall–Kier alpha value is -1.63. The van der Waals surface area contributed by atoms with Crippen LogP contribution in [0.1, 0.15) is 48.8 Å². The van der Waals surface area contributed by atoms with Gasteiger partial charge in [0, 0.05) is 4.88 Å². The van der Waals surface area contributed by atoms with Gasteiger partial charge in [-0.05, 0) is 26.7 Å². The molecular weight excluding hydrogens is 290 g/mol. The van der Waals surface area contributed by atoms with Crippen LogP contribution in [0.3, 0.4) is 0 Å². The number of rotatable bonds is 6. The molecular formula is C14H23N3O3S. The summed E-state index contributed by atoms with van der Waals surface area (Å²) >= 11 is 1.53. The van der Waals surface area contributed by atoms with E-state index < -0.39 is 18.0 Å². The van der Waals surface area contributed by atoms with E-state index in [1.54, 1.807) is 6.92 Å². The van der Waals surface area contributed by atoms with Gasteiger partial charge in [-0.15, -0.1) is 11.3 Å². The summed E-state index contributed by atoms with van der Waals surface area (Å²) in [7, 11) is 0. The molecule has 1 rings (SSSR count). The number of carbonyl (C=O) groups excluding carboxylic acids is 1. The fourth-order valence-corrected chi connectivity index (χ4v) is 3.01. The average molecular weight is 313 g/mol. The number of hydrogen-bond acceptors (Lipinski definition) is 4. The molecule has 3 atom stereocenters. The van der Waals surface area contributed by atoms with Crippen LogP contribution in [0.4, 0.5) is 4.79 Å². The second kappa shape index (κ2) is 7.40. The number of aryl methyl sites for hydroxylation is 2. The summed E-state index contributed by atoms with van der Waals surface area (Å²) in [5.74, 6) is -1.15. The Morgan fingerprint density at radius 1 is 1.29 bits per heavy atom. The number of hydrogen-bond donors (Lipinski definition) is 3. The van der Waals surface area contributed by atoms with Crippen LogP contribution in [0, 0.1) is 19.8 Å². The van der Waals surface area contributed by atoms with Crippen LogP contribution in [0.15, 0.2) is 0 Å². The third-order valence-corrected chi connectivity index (χ3v) is 4.70. The normalized spacial score (nSPS) is 15.1. The highest BCUT2D eigenvalue weighted by atomic mass is 32.1. The van der Waals surface area contributed by atoms with Crippen LogP contribution < -0.4 is 10.6 Å². The van der Waals surface area contributed by atoms with Crippen molar-refractivity contribution in [1.82, 2.24) is 15.6 Å². The number of amides is 2. The molecule has 0 aliphatic carbocycles. The Labute approximate surface area is 129 Å². The lowest BCUT2D eigenvalue weighted by atomic mass is 9.99. The second-order valence-corrected chi connectivity index (χ2v) is 6.46. The third kappa shape index (κ3) is 4.70. The zero-order valence-corrected chi connectivity index (χ0v) is 13.9. The zero-order valence-electron chi connectivity index (χ0n) is 13.1. The lowest BCUT2D eigenvalue weighted by Crippen LogP contribution is -2.49. The van der Waals surface area contributed by atoms with E-state index in [9.17, 15) is 14.7 Å². The van der Waals surface area contributed by atoms with Crippen LogP contribution in [0.25, 0.3) is 0 Å². The molecule has 2 amide bonds. The summed E-state index contributed by atoms with van der Waals surface area (Å²) in [5, 5.41) is 15.4. The van der Waals surface area contributed by atoms with Crippen molar-refractivity contribution in [1.29, 1.82) is 0 Å². The maximum absolute atomic E-state index is 12.0. The summed E-state index contributed by atoms with van der Waals surface area (Å²) in [4.78, 5) is 28.5. The summed E-state index contributed by atoms with van der Waals surface area (Å²) < 4.78 is 0. The first-order chi connectivity index (χ1) is 9.76. The summed E-state index contributed by atoms with van der Waals surface area (Å²) in [6.07, 6.45) is 0.681. The van der Waals surface area contributed by atoms with Gasteiger partial charge in [0.15, 0.2) is 0 Å². The van der Waals surface area contributed by atoms with Crippen molar-refractivity contribution in [2.24, 2.45) is 5.92 Å². The number of aliphatic carboxylic acids is 1. The molecule has 2 unspecified atom stereocenters. The van der Waals surface area contributed by atoms with Gasteiger partial charge >= 0.3 is 12.0 Å². The summed E-state index contributed by atoms with van der Waals surface area (Å²) in [6, 6.07) is -1.56. The smallest absolute Gasteiger partial charge is 0.326 e. The largest absolute Gasteiger partial charge is 0.480 e. The van der Waals surface area contributed by atoms with Crippen LogP contribution in [0.2, 0.25) is 0 Å². The molecule has 0 aliphatic rings. The van der Waals surface area contributed by atoms with Crippen molar-refractivity contribution in [3.63, 3.8) is 0 Å². The maximum atomic E-state index is 12.0. The van der Waals surface area contributed by atoms with E-state index in [0.717, 1.165) is 15.6 Å². The Morgan fingerprint density at radius 3 is 2.33 bits per heavy atom. The first-order valence-electron chi connectivity index (χ1n) is 7.00. The van der Waals surface area contributed by atoms with Gasteiger partial charge in [-0.25, -0.2) is 14.6 Å². The molecule has 0 saturated carbocycles. The van der Waals surface area contributed by atoms with Crippen molar-refractivity contribution >= 4 is 23.3 Å². The summed E-state index contributed by atoms with van der Waals surface area (Å²) in [5.41, 5.74) is 0.891. The molecule has 1 aromatic heterocycles. The SMILES string of the molecule is CCC(C)[C@H](NC(=O)NC(C)c1sc(C)nc1C)C(=O)O. The van der Waals surface area contributed by atoms with E-state index in [1.807, 2.05) is 27.7 Å². The van der Waals surface area contributed by atoms with Crippen molar-refractivity contribution in [2.45, 2.75) is 53.1 Å². The number of thiazole rings is 1. The number of carboxylic acids is 1. The average Bonchev–Trinajstić information content (AvgIpc) is 2.73. The lowest BCUT2D eigenvalue weighted by Gasteiger charge is -2.22. The van der Waals surface area contributed by atoms with Gasteiger partial charge in [0.05, 0.1) is 16.7 Å². The van der Waals surface area contributed by atoms with Gasteiger partial charge < -0.3 is 15.7 Å². The molecule has 7 heteroatoms. The second-order valence-electron chi connectivity index (χ2n) is 5.22. The first kappa shape index (κ1) is 17.4. The minimum Gasteiger partial charge on any atom is -0.480 e. The van der Waals surface area contributed by atoms with Gasteiger partial charge in [-0.2, -0.15) is 0 Å². The molecule has 0 spiro atoms. The predicted octanol–water partition coefficient (Wildman–Crippen LogP) is 2.62. The number of aromatic nitrogens is 1. The minimum absolute atomic E-state index is 0.129. The van der Waals surface area contributed by atoms with E-state index in [0.29, 0.717) is 6.42 Å². The molecule has 0 bridgehead atoms. The number of carbonyl (C=O) groups is 2. The Bertz CT molecular complexity index is 516. The van der Waals surface area contributed by atoms with Crippen LogP contribution in [-0.2, 0) is 4.79 Å². The molecule has 0 radical (unpaired) electrons. The molecule has 1 aromatic rings. The van der Waals surface area contributed by atoms with E-state index in [2.05, 4.69) is 15.6 Å². The molecule has 0 aliphatic heterocycles. The predicted molar refractivity (Wildman–Crippen MR) is 82.5 cm³/mol. The number of nitrogens with one attached hydrogen (secondary N) is 2. The van der Waals surface area contributed by atoms with Crippen molar-refractivity contribution in [3.05, 3.63) is 15.6 Å². The van der Waals surface area contributed by atoms with E-state index in [1.165, 1.54) is 11.3 Å². The quantitative estimate of drug-likeness (QED) is 0.753. The highest BCUT2D eigenvalue weighted by molar-refractivity contribution is 7.11. The molecule has 0 aromatic carbocycles. The minimum atomic E-state index is -1.02. The zero-order chi connectivity index (χ0) is 16.2. The van der Waals surface area contributed by atoms with Gasteiger partial charge in [0.1, 0.15) is 6.04 Å². The topological polar surface area (TPSA) is 91.3 Å². The molecule has 21 heavy (non-hydrogen) atoms. The van der Waals surface area contributed by atoms with Crippen molar-refractivity contribution in [2.75, 3.05) is 0 Å². The fraction of sp³-hybridized carbons (Fsp3) is 0.643. The molecule has 0 saturated heterocycles. The number of carboxylic acid groups (broad SMARTS) is 1. The molecule has 0 fully saturated rings.